The van der Waals surface area contributed by atoms with E-state index in [-0.39, 0.29) is 11.8 Å². The van der Waals surface area contributed by atoms with Crippen molar-refractivity contribution in [1.82, 2.24) is 19.8 Å². The Labute approximate surface area is 185 Å². The number of aryl methyl sites for hydroxylation is 2. The molecule has 2 aromatic heterocycles. The van der Waals surface area contributed by atoms with Crippen LogP contribution < -0.4 is 0 Å². The first kappa shape index (κ1) is 19.6. The SMILES string of the molecule is Cc1onc(-c2ccccc2Cl)c1C(=O)N1Cc2ccccc2[C@@H](c2cnn(C)c2)C1. The molecule has 0 unspecified atom stereocenters. The Kier molecular flexibility index (Phi) is 4.87. The first-order valence-electron chi connectivity index (χ1n) is 10.1. The molecule has 0 N–H and O–H groups in total. The molecule has 3 heterocycles. The Morgan fingerprint density at radius 2 is 1.94 bits per heavy atom. The summed E-state index contributed by atoms with van der Waals surface area (Å²) in [4.78, 5) is 15.6. The summed E-state index contributed by atoms with van der Waals surface area (Å²) in [5.74, 6) is 0.417. The van der Waals surface area contributed by atoms with Gasteiger partial charge in [-0.1, -0.05) is 59.2 Å². The molecule has 0 aliphatic carbocycles. The van der Waals surface area contributed by atoms with Crippen molar-refractivity contribution < 1.29 is 9.32 Å². The van der Waals surface area contributed by atoms with Gasteiger partial charge >= 0.3 is 0 Å². The van der Waals surface area contributed by atoms with Crippen LogP contribution in [0.2, 0.25) is 5.02 Å². The van der Waals surface area contributed by atoms with Crippen molar-refractivity contribution in [1.29, 1.82) is 0 Å². The molecule has 0 spiro atoms. The van der Waals surface area contributed by atoms with Crippen molar-refractivity contribution in [2.45, 2.75) is 19.4 Å². The monoisotopic (exact) mass is 432 g/mol. The van der Waals surface area contributed by atoms with Gasteiger partial charge in [0.05, 0.1) is 11.2 Å². The highest BCUT2D eigenvalue weighted by Crippen LogP contribution is 2.36. The summed E-state index contributed by atoms with van der Waals surface area (Å²) in [7, 11) is 1.90. The number of nitrogens with zero attached hydrogens (tertiary/aromatic N) is 4. The van der Waals surface area contributed by atoms with Crippen LogP contribution in [0.25, 0.3) is 11.3 Å². The van der Waals surface area contributed by atoms with E-state index >= 15 is 0 Å². The molecule has 156 valence electrons. The van der Waals surface area contributed by atoms with Crippen LogP contribution in [0.15, 0.2) is 65.4 Å². The molecule has 1 aliphatic rings. The van der Waals surface area contributed by atoms with Gasteiger partial charge in [0, 0.05) is 37.8 Å². The number of carbonyl (C=O) groups excluding carboxylic acids is 1. The van der Waals surface area contributed by atoms with E-state index in [1.54, 1.807) is 17.7 Å². The second-order valence-electron chi connectivity index (χ2n) is 7.83. The molecular formula is C24H21ClN4O2. The lowest BCUT2D eigenvalue weighted by atomic mass is 9.85. The first-order chi connectivity index (χ1) is 15.0. The van der Waals surface area contributed by atoms with E-state index in [4.69, 9.17) is 16.1 Å². The maximum absolute atomic E-state index is 13.7. The van der Waals surface area contributed by atoms with E-state index in [1.807, 2.05) is 54.7 Å². The third-order valence-corrected chi connectivity index (χ3v) is 6.14. The molecule has 0 radical (unpaired) electrons. The summed E-state index contributed by atoms with van der Waals surface area (Å²) in [6, 6.07) is 15.6. The number of fused-ring (bicyclic) bond motifs is 1. The molecule has 6 nitrogen and oxygen atoms in total. The molecule has 5 rings (SSSR count). The zero-order chi connectivity index (χ0) is 21.5. The van der Waals surface area contributed by atoms with E-state index in [0.29, 0.717) is 40.7 Å². The minimum atomic E-state index is -0.114. The zero-order valence-corrected chi connectivity index (χ0v) is 18.0. The van der Waals surface area contributed by atoms with E-state index in [2.05, 4.69) is 22.4 Å². The summed E-state index contributed by atoms with van der Waals surface area (Å²) in [5, 5.41) is 9.03. The molecule has 0 bridgehead atoms. The van der Waals surface area contributed by atoms with Crippen LogP contribution in [0.4, 0.5) is 0 Å². The second kappa shape index (κ2) is 7.71. The van der Waals surface area contributed by atoms with E-state index in [1.165, 1.54) is 5.56 Å². The summed E-state index contributed by atoms with van der Waals surface area (Å²) in [6.45, 7) is 2.84. The van der Waals surface area contributed by atoms with Crippen LogP contribution >= 0.6 is 11.6 Å². The van der Waals surface area contributed by atoms with Crippen molar-refractivity contribution in [3.05, 3.63) is 94.0 Å². The zero-order valence-electron chi connectivity index (χ0n) is 17.2. The van der Waals surface area contributed by atoms with Crippen LogP contribution in [0.3, 0.4) is 0 Å². The maximum atomic E-state index is 13.7. The van der Waals surface area contributed by atoms with Crippen LogP contribution in [0, 0.1) is 6.92 Å². The highest BCUT2D eigenvalue weighted by atomic mass is 35.5. The highest BCUT2D eigenvalue weighted by Gasteiger charge is 2.33. The van der Waals surface area contributed by atoms with Gasteiger partial charge in [0.25, 0.3) is 5.91 Å². The predicted octanol–water partition coefficient (Wildman–Crippen LogP) is 4.82. The first-order valence-corrected chi connectivity index (χ1v) is 10.5. The maximum Gasteiger partial charge on any atom is 0.260 e. The average Bonchev–Trinajstić information content (AvgIpc) is 3.38. The quantitative estimate of drug-likeness (QED) is 0.465. The summed E-state index contributed by atoms with van der Waals surface area (Å²) in [5.41, 5.74) is 5.06. The molecule has 4 aromatic rings. The summed E-state index contributed by atoms with van der Waals surface area (Å²) >= 11 is 6.39. The van der Waals surface area contributed by atoms with E-state index < -0.39 is 0 Å². The van der Waals surface area contributed by atoms with Crippen molar-refractivity contribution in [3.8, 4) is 11.3 Å². The molecule has 1 atom stereocenters. The van der Waals surface area contributed by atoms with Crippen molar-refractivity contribution in [3.63, 3.8) is 0 Å². The molecule has 2 aromatic carbocycles. The summed E-state index contributed by atoms with van der Waals surface area (Å²) < 4.78 is 7.22. The Morgan fingerprint density at radius 3 is 2.71 bits per heavy atom. The fraction of sp³-hybridized carbons (Fsp3) is 0.208. The molecule has 31 heavy (non-hydrogen) atoms. The third-order valence-electron chi connectivity index (χ3n) is 5.81. The lowest BCUT2D eigenvalue weighted by Crippen LogP contribution is -2.38. The number of hydrogen-bond donors (Lipinski definition) is 0. The minimum Gasteiger partial charge on any atom is -0.360 e. The number of carbonyl (C=O) groups is 1. The van der Waals surface area contributed by atoms with Crippen LogP contribution in [-0.4, -0.2) is 32.3 Å². The Morgan fingerprint density at radius 1 is 1.16 bits per heavy atom. The number of rotatable bonds is 3. The van der Waals surface area contributed by atoms with Gasteiger partial charge < -0.3 is 9.42 Å². The number of halogens is 1. The lowest BCUT2D eigenvalue weighted by Gasteiger charge is -2.34. The van der Waals surface area contributed by atoms with Crippen LogP contribution in [0.5, 0.6) is 0 Å². The number of hydrogen-bond acceptors (Lipinski definition) is 4. The molecule has 0 saturated carbocycles. The van der Waals surface area contributed by atoms with E-state index in [0.717, 1.165) is 11.1 Å². The predicted molar refractivity (Wildman–Crippen MR) is 118 cm³/mol. The third kappa shape index (κ3) is 3.43. The van der Waals surface area contributed by atoms with Gasteiger partial charge in [0.2, 0.25) is 0 Å². The number of amides is 1. The largest absolute Gasteiger partial charge is 0.360 e. The van der Waals surface area contributed by atoms with Gasteiger partial charge in [-0.3, -0.25) is 9.48 Å². The number of aromatic nitrogens is 3. The lowest BCUT2D eigenvalue weighted by molar-refractivity contribution is 0.0724. The average molecular weight is 433 g/mol. The molecule has 7 heteroatoms. The van der Waals surface area contributed by atoms with Crippen LogP contribution in [-0.2, 0) is 13.6 Å². The minimum absolute atomic E-state index is 0.0477. The fourth-order valence-corrected chi connectivity index (χ4v) is 4.51. The normalized spacial score (nSPS) is 15.7. The van der Waals surface area contributed by atoms with Gasteiger partial charge in [0.1, 0.15) is 17.0 Å². The fourth-order valence-electron chi connectivity index (χ4n) is 4.29. The van der Waals surface area contributed by atoms with Crippen molar-refractivity contribution >= 4 is 17.5 Å². The van der Waals surface area contributed by atoms with Gasteiger partial charge in [-0.15, -0.1) is 0 Å². The van der Waals surface area contributed by atoms with E-state index in [9.17, 15) is 4.79 Å². The number of benzene rings is 2. The molecular weight excluding hydrogens is 412 g/mol. The second-order valence-corrected chi connectivity index (χ2v) is 8.23. The van der Waals surface area contributed by atoms with Gasteiger partial charge in [0.15, 0.2) is 0 Å². The molecule has 0 saturated heterocycles. The van der Waals surface area contributed by atoms with Crippen molar-refractivity contribution in [2.24, 2.45) is 7.05 Å². The van der Waals surface area contributed by atoms with Gasteiger partial charge in [-0.05, 0) is 29.7 Å². The van der Waals surface area contributed by atoms with Crippen molar-refractivity contribution in [2.75, 3.05) is 6.54 Å². The van der Waals surface area contributed by atoms with Gasteiger partial charge in [-0.2, -0.15) is 5.10 Å². The topological polar surface area (TPSA) is 64.2 Å². The smallest absolute Gasteiger partial charge is 0.260 e. The van der Waals surface area contributed by atoms with Gasteiger partial charge in [-0.25, -0.2) is 0 Å². The van der Waals surface area contributed by atoms with Crippen LogP contribution in [0.1, 0.15) is 38.7 Å². The Balaban J connectivity index is 1.55. The Hall–Kier alpha value is -3.38. The standard InChI is InChI=1S/C24H21ClN4O2/c1-15-22(23(27-31-15)19-9-5-6-10-21(19)25)24(30)29-13-16-7-3-4-8-18(16)20(14-29)17-11-26-28(2)12-17/h3-12,20H,13-14H2,1-2H3/t20-/m1/s1. The summed E-state index contributed by atoms with van der Waals surface area (Å²) in [6.07, 6.45) is 3.88. The highest BCUT2D eigenvalue weighted by molar-refractivity contribution is 6.33. The molecule has 0 fully saturated rings. The Bertz CT molecular complexity index is 1280. The molecule has 1 amide bonds. The molecule has 1 aliphatic heterocycles.